The molecular weight excluding hydrogens is 202 g/mol. The van der Waals surface area contributed by atoms with Crippen molar-refractivity contribution in [2.75, 3.05) is 32.0 Å². The zero-order valence-electron chi connectivity index (χ0n) is 7.60. The highest BCUT2D eigenvalue weighted by molar-refractivity contribution is 7.14. The molecule has 6 heteroatoms. The van der Waals surface area contributed by atoms with Gasteiger partial charge in [-0.05, 0) is 0 Å². The Balaban J connectivity index is 2.11. The number of nitrogens with zero attached hydrogens (tertiary/aromatic N) is 2. The van der Waals surface area contributed by atoms with E-state index in [9.17, 15) is 4.79 Å². The molecule has 14 heavy (non-hydrogen) atoms. The first-order valence-electron chi connectivity index (χ1n) is 4.35. The molecule has 5 nitrogen and oxygen atoms in total. The number of nitrogen functional groups attached to an aromatic ring is 1. The molecule has 1 aromatic rings. The molecule has 2 rings (SSSR count). The van der Waals surface area contributed by atoms with Crippen LogP contribution in [0.5, 0.6) is 0 Å². The van der Waals surface area contributed by atoms with E-state index in [1.54, 1.807) is 10.4 Å². The Morgan fingerprint density at radius 2 is 2.29 bits per heavy atom. The van der Waals surface area contributed by atoms with Crippen LogP contribution in [0.15, 0.2) is 5.51 Å². The number of anilines is 1. The molecule has 1 aliphatic rings. The van der Waals surface area contributed by atoms with Gasteiger partial charge in [-0.25, -0.2) is 4.98 Å². The van der Waals surface area contributed by atoms with Gasteiger partial charge in [0, 0.05) is 13.1 Å². The van der Waals surface area contributed by atoms with Crippen molar-refractivity contribution in [1.29, 1.82) is 0 Å². The van der Waals surface area contributed by atoms with Crippen LogP contribution in [0.1, 0.15) is 10.5 Å². The van der Waals surface area contributed by atoms with E-state index in [0.29, 0.717) is 37.0 Å². The van der Waals surface area contributed by atoms with Crippen molar-refractivity contribution in [3.63, 3.8) is 0 Å². The number of aromatic nitrogens is 1. The number of hydrogen-bond donors (Lipinski definition) is 1. The SMILES string of the molecule is Nc1scnc1C(=O)N1CCOCC1. The van der Waals surface area contributed by atoms with Gasteiger partial charge in [0.05, 0.1) is 18.7 Å². The predicted molar refractivity (Wildman–Crippen MR) is 53.2 cm³/mol. The molecule has 2 N–H and O–H groups in total. The lowest BCUT2D eigenvalue weighted by molar-refractivity contribution is 0.0300. The van der Waals surface area contributed by atoms with Crippen LogP contribution < -0.4 is 5.73 Å². The minimum Gasteiger partial charge on any atom is -0.389 e. The maximum absolute atomic E-state index is 11.8. The summed E-state index contributed by atoms with van der Waals surface area (Å²) in [5, 5.41) is 0.487. The summed E-state index contributed by atoms with van der Waals surface area (Å²) < 4.78 is 5.15. The highest BCUT2D eigenvalue weighted by Gasteiger charge is 2.21. The van der Waals surface area contributed by atoms with Gasteiger partial charge >= 0.3 is 0 Å². The van der Waals surface area contributed by atoms with Gasteiger partial charge in [-0.3, -0.25) is 4.79 Å². The summed E-state index contributed by atoms with van der Waals surface area (Å²) in [4.78, 5) is 17.5. The van der Waals surface area contributed by atoms with Crippen molar-refractivity contribution < 1.29 is 9.53 Å². The summed E-state index contributed by atoms with van der Waals surface area (Å²) in [6, 6.07) is 0. The normalized spacial score (nSPS) is 17.0. The van der Waals surface area contributed by atoms with Crippen LogP contribution in [0.25, 0.3) is 0 Å². The zero-order valence-corrected chi connectivity index (χ0v) is 8.42. The van der Waals surface area contributed by atoms with Crippen molar-refractivity contribution in [2.45, 2.75) is 0 Å². The molecule has 0 bridgehead atoms. The molecule has 0 saturated carbocycles. The van der Waals surface area contributed by atoms with Crippen molar-refractivity contribution in [1.82, 2.24) is 9.88 Å². The molecule has 1 amide bonds. The molecule has 1 fully saturated rings. The van der Waals surface area contributed by atoms with Gasteiger partial charge in [0.2, 0.25) is 0 Å². The van der Waals surface area contributed by atoms with Crippen LogP contribution in [0.3, 0.4) is 0 Å². The van der Waals surface area contributed by atoms with E-state index in [1.165, 1.54) is 11.3 Å². The van der Waals surface area contributed by atoms with Crippen LogP contribution in [0, 0.1) is 0 Å². The third kappa shape index (κ3) is 1.71. The highest BCUT2D eigenvalue weighted by Crippen LogP contribution is 2.17. The molecule has 1 aromatic heterocycles. The Kier molecular flexibility index (Phi) is 2.64. The van der Waals surface area contributed by atoms with Crippen LogP contribution in [0.4, 0.5) is 5.00 Å². The molecule has 0 unspecified atom stereocenters. The number of morpholine rings is 1. The standard InChI is InChI=1S/C8H11N3O2S/c9-7-6(10-5-14-7)8(12)11-1-3-13-4-2-11/h5H,1-4,9H2. The zero-order chi connectivity index (χ0) is 9.97. The van der Waals surface area contributed by atoms with Gasteiger partial charge in [-0.15, -0.1) is 11.3 Å². The van der Waals surface area contributed by atoms with Crippen LogP contribution in [0.2, 0.25) is 0 Å². The number of thiazole rings is 1. The van der Waals surface area contributed by atoms with Gasteiger partial charge < -0.3 is 15.4 Å². The van der Waals surface area contributed by atoms with Gasteiger partial charge in [-0.2, -0.15) is 0 Å². The molecule has 0 radical (unpaired) electrons. The molecule has 0 spiro atoms. The summed E-state index contributed by atoms with van der Waals surface area (Å²) >= 11 is 1.28. The first kappa shape index (κ1) is 9.42. The fourth-order valence-electron chi connectivity index (χ4n) is 1.33. The topological polar surface area (TPSA) is 68.5 Å². The predicted octanol–water partition coefficient (Wildman–Crippen LogP) is 0.198. The monoisotopic (exact) mass is 213 g/mol. The molecule has 1 aliphatic heterocycles. The van der Waals surface area contributed by atoms with Gasteiger partial charge in [0.1, 0.15) is 5.00 Å². The second kappa shape index (κ2) is 3.93. The summed E-state index contributed by atoms with van der Waals surface area (Å²) in [7, 11) is 0. The largest absolute Gasteiger partial charge is 0.389 e. The molecule has 2 heterocycles. The number of rotatable bonds is 1. The lowest BCUT2D eigenvalue weighted by Crippen LogP contribution is -2.41. The summed E-state index contributed by atoms with van der Waals surface area (Å²) in [6.07, 6.45) is 0. The van der Waals surface area contributed by atoms with Gasteiger partial charge in [0.15, 0.2) is 5.69 Å². The van der Waals surface area contributed by atoms with Crippen molar-refractivity contribution in [3.8, 4) is 0 Å². The molecule has 0 aromatic carbocycles. The number of carbonyl (C=O) groups excluding carboxylic acids is 1. The van der Waals surface area contributed by atoms with Crippen LogP contribution in [-0.4, -0.2) is 42.1 Å². The summed E-state index contributed by atoms with van der Waals surface area (Å²) in [5.74, 6) is -0.0907. The summed E-state index contributed by atoms with van der Waals surface area (Å²) in [5.41, 5.74) is 7.58. The number of nitrogens with two attached hydrogens (primary N) is 1. The van der Waals surface area contributed by atoms with Crippen molar-refractivity contribution in [2.24, 2.45) is 0 Å². The minimum absolute atomic E-state index is 0.0907. The van der Waals surface area contributed by atoms with E-state index in [2.05, 4.69) is 4.98 Å². The Bertz CT molecular complexity index is 333. The number of amides is 1. The molecule has 76 valence electrons. The highest BCUT2D eigenvalue weighted by atomic mass is 32.1. The quantitative estimate of drug-likeness (QED) is 0.723. The van der Waals surface area contributed by atoms with Crippen molar-refractivity contribution in [3.05, 3.63) is 11.2 Å². The Hall–Kier alpha value is -1.14. The average molecular weight is 213 g/mol. The van der Waals surface area contributed by atoms with E-state index < -0.39 is 0 Å². The van der Waals surface area contributed by atoms with Crippen molar-refractivity contribution >= 4 is 22.2 Å². The van der Waals surface area contributed by atoms with E-state index in [-0.39, 0.29) is 5.91 Å². The Morgan fingerprint density at radius 1 is 1.57 bits per heavy atom. The Labute approximate surface area is 85.5 Å². The second-order valence-electron chi connectivity index (χ2n) is 2.97. The molecule has 0 aliphatic carbocycles. The molecular formula is C8H11N3O2S. The maximum atomic E-state index is 11.8. The third-order valence-electron chi connectivity index (χ3n) is 2.10. The first-order valence-corrected chi connectivity index (χ1v) is 5.23. The van der Waals surface area contributed by atoms with E-state index in [1.807, 2.05) is 0 Å². The number of hydrogen-bond acceptors (Lipinski definition) is 5. The smallest absolute Gasteiger partial charge is 0.275 e. The van der Waals surface area contributed by atoms with Crippen LogP contribution >= 0.6 is 11.3 Å². The third-order valence-corrected chi connectivity index (χ3v) is 2.75. The van der Waals surface area contributed by atoms with E-state index >= 15 is 0 Å². The summed E-state index contributed by atoms with van der Waals surface area (Å²) in [6.45, 7) is 2.43. The Morgan fingerprint density at radius 3 is 2.86 bits per heavy atom. The van der Waals surface area contributed by atoms with E-state index in [4.69, 9.17) is 10.5 Å². The maximum Gasteiger partial charge on any atom is 0.275 e. The number of ether oxygens (including phenoxy) is 1. The lowest BCUT2D eigenvalue weighted by Gasteiger charge is -2.26. The van der Waals surface area contributed by atoms with E-state index in [0.717, 1.165) is 0 Å². The van der Waals surface area contributed by atoms with Gasteiger partial charge in [-0.1, -0.05) is 0 Å². The molecule has 0 atom stereocenters. The molecule has 1 saturated heterocycles. The van der Waals surface area contributed by atoms with Gasteiger partial charge in [0.25, 0.3) is 5.91 Å². The van der Waals surface area contributed by atoms with Crippen LogP contribution in [-0.2, 0) is 4.74 Å². The minimum atomic E-state index is -0.0907. The second-order valence-corrected chi connectivity index (χ2v) is 3.86. The lowest BCUT2D eigenvalue weighted by atomic mass is 10.3. The first-order chi connectivity index (χ1) is 6.79. The number of carbonyl (C=O) groups is 1. The average Bonchev–Trinajstić information content (AvgIpc) is 2.65. The fraction of sp³-hybridized carbons (Fsp3) is 0.500. The fourth-order valence-corrected chi connectivity index (χ4v) is 1.86.